The van der Waals surface area contributed by atoms with E-state index in [1.807, 2.05) is 25.1 Å². The average Bonchev–Trinajstić information content (AvgIpc) is 3.11. The van der Waals surface area contributed by atoms with E-state index >= 15 is 0 Å². The SMILES string of the molecule is Cc1cnc(NC(=O)c2ccccc2OC2CCCC2)s1. The van der Waals surface area contributed by atoms with Crippen LogP contribution in [0.1, 0.15) is 40.9 Å². The van der Waals surface area contributed by atoms with E-state index in [0.29, 0.717) is 16.4 Å². The van der Waals surface area contributed by atoms with Crippen LogP contribution < -0.4 is 10.1 Å². The van der Waals surface area contributed by atoms with Gasteiger partial charge in [-0.25, -0.2) is 4.98 Å². The van der Waals surface area contributed by atoms with E-state index in [9.17, 15) is 4.79 Å². The van der Waals surface area contributed by atoms with Crippen LogP contribution >= 0.6 is 11.3 Å². The maximum Gasteiger partial charge on any atom is 0.261 e. The third kappa shape index (κ3) is 3.42. The van der Waals surface area contributed by atoms with Gasteiger partial charge in [-0.15, -0.1) is 11.3 Å². The van der Waals surface area contributed by atoms with Crippen molar-refractivity contribution in [3.63, 3.8) is 0 Å². The summed E-state index contributed by atoms with van der Waals surface area (Å²) in [4.78, 5) is 17.6. The molecule has 2 aromatic rings. The lowest BCUT2D eigenvalue weighted by Crippen LogP contribution is -2.17. The fourth-order valence-corrected chi connectivity index (χ4v) is 3.18. The van der Waals surface area contributed by atoms with E-state index < -0.39 is 0 Å². The molecule has 0 radical (unpaired) electrons. The summed E-state index contributed by atoms with van der Waals surface area (Å²) in [7, 11) is 0. The molecule has 110 valence electrons. The minimum atomic E-state index is -0.169. The monoisotopic (exact) mass is 302 g/mol. The van der Waals surface area contributed by atoms with Crippen molar-refractivity contribution in [3.05, 3.63) is 40.9 Å². The van der Waals surface area contributed by atoms with Crippen LogP contribution in [0.4, 0.5) is 5.13 Å². The van der Waals surface area contributed by atoms with Gasteiger partial charge in [0, 0.05) is 11.1 Å². The Kier molecular flexibility index (Phi) is 4.20. The number of benzene rings is 1. The third-order valence-electron chi connectivity index (χ3n) is 3.57. The number of ether oxygens (including phenoxy) is 1. The zero-order chi connectivity index (χ0) is 14.7. The van der Waals surface area contributed by atoms with Crippen LogP contribution in [0.15, 0.2) is 30.5 Å². The number of aromatic nitrogens is 1. The van der Waals surface area contributed by atoms with Crippen LogP contribution in [0.5, 0.6) is 5.75 Å². The smallest absolute Gasteiger partial charge is 0.261 e. The Labute approximate surface area is 128 Å². The molecule has 4 nitrogen and oxygen atoms in total. The molecule has 1 N–H and O–H groups in total. The lowest BCUT2D eigenvalue weighted by atomic mass is 10.2. The van der Waals surface area contributed by atoms with Crippen LogP contribution in [0.2, 0.25) is 0 Å². The van der Waals surface area contributed by atoms with E-state index in [0.717, 1.165) is 17.7 Å². The molecule has 21 heavy (non-hydrogen) atoms. The molecule has 1 aliphatic rings. The highest BCUT2D eigenvalue weighted by Gasteiger charge is 2.20. The Hall–Kier alpha value is -1.88. The number of anilines is 1. The Morgan fingerprint density at radius 1 is 1.33 bits per heavy atom. The first-order chi connectivity index (χ1) is 10.2. The van der Waals surface area contributed by atoms with Crippen LogP contribution in [-0.2, 0) is 0 Å². The molecule has 1 aromatic carbocycles. The number of thiazole rings is 1. The molecule has 0 spiro atoms. The summed E-state index contributed by atoms with van der Waals surface area (Å²) in [5.41, 5.74) is 0.567. The molecular weight excluding hydrogens is 284 g/mol. The van der Waals surface area contributed by atoms with Crippen LogP contribution in [0.25, 0.3) is 0 Å². The van der Waals surface area contributed by atoms with Crippen molar-refractivity contribution in [3.8, 4) is 5.75 Å². The molecule has 0 unspecified atom stereocenters. The summed E-state index contributed by atoms with van der Waals surface area (Å²) in [5.74, 6) is 0.494. The number of carbonyl (C=O) groups excluding carboxylic acids is 1. The molecule has 0 bridgehead atoms. The van der Waals surface area contributed by atoms with Gasteiger partial charge in [0.15, 0.2) is 5.13 Å². The highest BCUT2D eigenvalue weighted by atomic mass is 32.1. The molecule has 1 heterocycles. The van der Waals surface area contributed by atoms with Gasteiger partial charge in [-0.1, -0.05) is 12.1 Å². The van der Waals surface area contributed by atoms with Crippen molar-refractivity contribution in [2.24, 2.45) is 0 Å². The number of nitrogens with zero attached hydrogens (tertiary/aromatic N) is 1. The van der Waals surface area contributed by atoms with Gasteiger partial charge in [0.25, 0.3) is 5.91 Å². The van der Waals surface area contributed by atoms with Gasteiger partial charge in [0.05, 0.1) is 11.7 Å². The second kappa shape index (κ2) is 6.26. The lowest BCUT2D eigenvalue weighted by Gasteiger charge is -2.15. The van der Waals surface area contributed by atoms with Crippen molar-refractivity contribution < 1.29 is 9.53 Å². The molecule has 1 fully saturated rings. The molecule has 1 aromatic heterocycles. The molecule has 5 heteroatoms. The number of hydrogen-bond donors (Lipinski definition) is 1. The van der Waals surface area contributed by atoms with Crippen molar-refractivity contribution in [2.75, 3.05) is 5.32 Å². The number of nitrogens with one attached hydrogen (secondary N) is 1. The van der Waals surface area contributed by atoms with E-state index in [4.69, 9.17) is 4.74 Å². The highest BCUT2D eigenvalue weighted by Crippen LogP contribution is 2.27. The van der Waals surface area contributed by atoms with E-state index in [2.05, 4.69) is 10.3 Å². The highest BCUT2D eigenvalue weighted by molar-refractivity contribution is 7.15. The van der Waals surface area contributed by atoms with Gasteiger partial charge in [-0.2, -0.15) is 0 Å². The van der Waals surface area contributed by atoms with E-state index in [-0.39, 0.29) is 12.0 Å². The second-order valence-electron chi connectivity index (χ2n) is 5.25. The maximum atomic E-state index is 12.4. The maximum absolute atomic E-state index is 12.4. The quantitative estimate of drug-likeness (QED) is 0.928. The third-order valence-corrected chi connectivity index (χ3v) is 4.40. The molecular formula is C16H18N2O2S. The predicted molar refractivity (Wildman–Crippen MR) is 84.1 cm³/mol. The zero-order valence-corrected chi connectivity index (χ0v) is 12.8. The van der Waals surface area contributed by atoms with E-state index in [1.54, 1.807) is 12.3 Å². The average molecular weight is 302 g/mol. The van der Waals surface area contributed by atoms with Crippen molar-refractivity contribution >= 4 is 22.4 Å². The van der Waals surface area contributed by atoms with E-state index in [1.165, 1.54) is 24.2 Å². The summed E-state index contributed by atoms with van der Waals surface area (Å²) < 4.78 is 5.99. The number of carbonyl (C=O) groups is 1. The summed E-state index contributed by atoms with van der Waals surface area (Å²) in [5, 5.41) is 3.45. The molecule has 0 aliphatic heterocycles. The molecule has 0 atom stereocenters. The summed E-state index contributed by atoms with van der Waals surface area (Å²) >= 11 is 1.47. The Morgan fingerprint density at radius 2 is 2.10 bits per heavy atom. The number of para-hydroxylation sites is 1. The van der Waals surface area contributed by atoms with Crippen molar-refractivity contribution in [1.82, 2.24) is 4.98 Å². The van der Waals surface area contributed by atoms with Crippen LogP contribution in [-0.4, -0.2) is 17.0 Å². The van der Waals surface area contributed by atoms with Gasteiger partial charge in [0.2, 0.25) is 0 Å². The van der Waals surface area contributed by atoms with Gasteiger partial charge < -0.3 is 4.74 Å². The fourth-order valence-electron chi connectivity index (χ4n) is 2.52. The first-order valence-electron chi connectivity index (χ1n) is 7.22. The lowest BCUT2D eigenvalue weighted by molar-refractivity contribution is 0.101. The van der Waals surface area contributed by atoms with Crippen molar-refractivity contribution in [2.45, 2.75) is 38.7 Å². The number of amides is 1. The first-order valence-corrected chi connectivity index (χ1v) is 8.03. The van der Waals surface area contributed by atoms with Gasteiger partial charge in [0.1, 0.15) is 5.75 Å². The largest absolute Gasteiger partial charge is 0.490 e. The Morgan fingerprint density at radius 3 is 2.81 bits per heavy atom. The molecule has 3 rings (SSSR count). The van der Waals surface area contributed by atoms with Gasteiger partial charge >= 0.3 is 0 Å². The van der Waals surface area contributed by atoms with Crippen LogP contribution in [0, 0.1) is 6.92 Å². The predicted octanol–water partition coefficient (Wildman–Crippen LogP) is 4.03. The van der Waals surface area contributed by atoms with Crippen molar-refractivity contribution in [1.29, 1.82) is 0 Å². The topological polar surface area (TPSA) is 51.2 Å². The minimum absolute atomic E-state index is 0.169. The van der Waals surface area contributed by atoms with Gasteiger partial charge in [-0.05, 0) is 44.7 Å². The Bertz CT molecular complexity index is 633. The normalized spacial score (nSPS) is 15.1. The fraction of sp³-hybridized carbons (Fsp3) is 0.375. The molecule has 1 amide bonds. The number of aryl methyl sites for hydroxylation is 1. The number of hydrogen-bond acceptors (Lipinski definition) is 4. The molecule has 1 aliphatic carbocycles. The summed E-state index contributed by atoms with van der Waals surface area (Å²) in [6, 6.07) is 7.40. The van der Waals surface area contributed by atoms with Gasteiger partial charge in [-0.3, -0.25) is 10.1 Å². The first kappa shape index (κ1) is 14.1. The summed E-state index contributed by atoms with van der Waals surface area (Å²) in [6.07, 6.45) is 6.54. The standard InChI is InChI=1S/C16H18N2O2S/c1-11-10-17-16(21-11)18-15(19)13-8-4-5-9-14(13)20-12-6-2-3-7-12/h4-5,8-10,12H,2-3,6-7H2,1H3,(H,17,18,19). The molecule has 1 saturated carbocycles. The van der Waals surface area contributed by atoms with Crippen LogP contribution in [0.3, 0.4) is 0 Å². The number of rotatable bonds is 4. The molecule has 0 saturated heterocycles. The summed E-state index contributed by atoms with van der Waals surface area (Å²) in [6.45, 7) is 1.96. The Balaban J connectivity index is 1.75. The second-order valence-corrected chi connectivity index (χ2v) is 6.49. The zero-order valence-electron chi connectivity index (χ0n) is 12.0. The minimum Gasteiger partial charge on any atom is -0.490 e.